The zero-order valence-corrected chi connectivity index (χ0v) is 12.4. The second kappa shape index (κ2) is 6.53. The van der Waals surface area contributed by atoms with Gasteiger partial charge in [0.1, 0.15) is 0 Å². The minimum Gasteiger partial charge on any atom is -0.320 e. The Labute approximate surface area is 118 Å². The first-order valence-corrected chi connectivity index (χ1v) is 7.80. The van der Waals surface area contributed by atoms with E-state index in [-0.39, 0.29) is 5.54 Å². The van der Waals surface area contributed by atoms with Crippen molar-refractivity contribution in [3.8, 4) is 0 Å². The quantitative estimate of drug-likeness (QED) is 0.877. The molecule has 0 radical (unpaired) electrons. The van der Waals surface area contributed by atoms with Gasteiger partial charge in [0.2, 0.25) is 0 Å². The third kappa shape index (κ3) is 3.01. The van der Waals surface area contributed by atoms with Crippen molar-refractivity contribution < 1.29 is 0 Å². The van der Waals surface area contributed by atoms with Gasteiger partial charge in [0.15, 0.2) is 0 Å². The fraction of sp³-hybridized carbons (Fsp3) is 0.647. The average Bonchev–Trinajstić information content (AvgIpc) is 2.49. The van der Waals surface area contributed by atoms with E-state index in [0.29, 0.717) is 6.04 Å². The van der Waals surface area contributed by atoms with Crippen LogP contribution in [0.5, 0.6) is 0 Å². The van der Waals surface area contributed by atoms with E-state index in [1.807, 2.05) is 0 Å². The molecule has 1 aromatic rings. The van der Waals surface area contributed by atoms with Crippen molar-refractivity contribution in [2.45, 2.75) is 57.5 Å². The number of hydrogen-bond donors (Lipinski definition) is 1. The van der Waals surface area contributed by atoms with E-state index in [1.165, 1.54) is 37.9 Å². The summed E-state index contributed by atoms with van der Waals surface area (Å²) in [5.41, 5.74) is 7.93. The maximum Gasteiger partial charge on any atom is 0.0564 e. The normalized spacial score (nSPS) is 21.8. The van der Waals surface area contributed by atoms with Crippen LogP contribution < -0.4 is 5.73 Å². The van der Waals surface area contributed by atoms with Gasteiger partial charge in [0.05, 0.1) is 5.54 Å². The standard InChI is InChI=1S/C17H28N2/c1-3-16(19-13-9-6-10-14-19)17(18,4-2)15-11-7-5-8-12-15/h5,7-8,11-12,16H,3-4,6,9-10,13-14,18H2,1-2H3. The summed E-state index contributed by atoms with van der Waals surface area (Å²) in [6, 6.07) is 11.1. The van der Waals surface area contributed by atoms with Crippen LogP contribution in [-0.4, -0.2) is 24.0 Å². The smallest absolute Gasteiger partial charge is 0.0564 e. The van der Waals surface area contributed by atoms with Gasteiger partial charge in [-0.15, -0.1) is 0 Å². The Hall–Kier alpha value is -0.860. The van der Waals surface area contributed by atoms with Crippen molar-refractivity contribution in [2.24, 2.45) is 5.73 Å². The molecule has 2 nitrogen and oxygen atoms in total. The van der Waals surface area contributed by atoms with E-state index < -0.39 is 0 Å². The van der Waals surface area contributed by atoms with Gasteiger partial charge in [0.25, 0.3) is 0 Å². The van der Waals surface area contributed by atoms with Gasteiger partial charge in [-0.05, 0) is 44.3 Å². The highest BCUT2D eigenvalue weighted by atomic mass is 15.2. The monoisotopic (exact) mass is 260 g/mol. The van der Waals surface area contributed by atoms with Crippen LogP contribution in [0.1, 0.15) is 51.5 Å². The third-order valence-corrected chi connectivity index (χ3v) is 4.71. The van der Waals surface area contributed by atoms with Gasteiger partial charge in [-0.3, -0.25) is 4.90 Å². The van der Waals surface area contributed by atoms with E-state index in [2.05, 4.69) is 49.1 Å². The molecule has 1 saturated heterocycles. The van der Waals surface area contributed by atoms with Crippen LogP contribution in [0, 0.1) is 0 Å². The van der Waals surface area contributed by atoms with E-state index >= 15 is 0 Å². The second-order valence-corrected chi connectivity index (χ2v) is 5.78. The summed E-state index contributed by atoms with van der Waals surface area (Å²) < 4.78 is 0. The lowest BCUT2D eigenvalue weighted by molar-refractivity contribution is 0.0899. The highest BCUT2D eigenvalue weighted by Crippen LogP contribution is 2.32. The summed E-state index contributed by atoms with van der Waals surface area (Å²) in [6.45, 7) is 6.92. The Morgan fingerprint density at radius 1 is 1.11 bits per heavy atom. The van der Waals surface area contributed by atoms with E-state index in [0.717, 1.165) is 12.8 Å². The van der Waals surface area contributed by atoms with Crippen LogP contribution in [-0.2, 0) is 5.54 Å². The minimum atomic E-state index is -0.215. The lowest BCUT2D eigenvalue weighted by Gasteiger charge is -2.45. The van der Waals surface area contributed by atoms with Crippen molar-refractivity contribution >= 4 is 0 Å². The summed E-state index contributed by atoms with van der Waals surface area (Å²) in [6.07, 6.45) is 6.14. The van der Waals surface area contributed by atoms with Crippen molar-refractivity contribution in [3.05, 3.63) is 35.9 Å². The minimum absolute atomic E-state index is 0.215. The number of hydrogen-bond acceptors (Lipinski definition) is 2. The molecule has 0 amide bonds. The zero-order valence-electron chi connectivity index (χ0n) is 12.4. The van der Waals surface area contributed by atoms with Gasteiger partial charge < -0.3 is 5.73 Å². The predicted molar refractivity (Wildman–Crippen MR) is 82.1 cm³/mol. The second-order valence-electron chi connectivity index (χ2n) is 5.78. The topological polar surface area (TPSA) is 29.3 Å². The first kappa shape index (κ1) is 14.5. The summed E-state index contributed by atoms with van der Waals surface area (Å²) >= 11 is 0. The predicted octanol–water partition coefficient (Wildman–Crippen LogP) is 3.52. The summed E-state index contributed by atoms with van der Waals surface area (Å²) in [5, 5.41) is 0. The molecule has 2 N–H and O–H groups in total. The van der Waals surface area contributed by atoms with Gasteiger partial charge in [-0.1, -0.05) is 50.6 Å². The lowest BCUT2D eigenvalue weighted by Crippen LogP contribution is -2.56. The largest absolute Gasteiger partial charge is 0.320 e. The van der Waals surface area contributed by atoms with Gasteiger partial charge in [0, 0.05) is 6.04 Å². The van der Waals surface area contributed by atoms with E-state index in [4.69, 9.17) is 5.73 Å². The molecule has 0 spiro atoms. The van der Waals surface area contributed by atoms with Crippen molar-refractivity contribution in [2.75, 3.05) is 13.1 Å². The molecule has 0 aromatic heterocycles. The molecule has 1 heterocycles. The number of rotatable bonds is 5. The van der Waals surface area contributed by atoms with Crippen LogP contribution in [0.25, 0.3) is 0 Å². The fourth-order valence-electron chi connectivity index (χ4n) is 3.56. The first-order valence-electron chi connectivity index (χ1n) is 7.80. The number of nitrogens with two attached hydrogens (primary N) is 1. The highest BCUT2D eigenvalue weighted by Gasteiger charge is 2.37. The van der Waals surface area contributed by atoms with Gasteiger partial charge in [-0.2, -0.15) is 0 Å². The van der Waals surface area contributed by atoms with Gasteiger partial charge in [-0.25, -0.2) is 0 Å². The lowest BCUT2D eigenvalue weighted by atomic mass is 9.78. The molecule has 1 fully saturated rings. The van der Waals surface area contributed by atoms with Gasteiger partial charge >= 0.3 is 0 Å². The molecular formula is C17H28N2. The Morgan fingerprint density at radius 2 is 1.74 bits per heavy atom. The Morgan fingerprint density at radius 3 is 2.26 bits per heavy atom. The summed E-state index contributed by atoms with van der Waals surface area (Å²) in [4.78, 5) is 2.62. The molecule has 1 aromatic carbocycles. The first-order chi connectivity index (χ1) is 9.22. The van der Waals surface area contributed by atoms with Crippen molar-refractivity contribution in [3.63, 3.8) is 0 Å². The number of nitrogens with zero attached hydrogens (tertiary/aromatic N) is 1. The summed E-state index contributed by atoms with van der Waals surface area (Å²) in [7, 11) is 0. The van der Waals surface area contributed by atoms with Crippen LogP contribution in [0.2, 0.25) is 0 Å². The molecule has 2 rings (SSSR count). The maximum absolute atomic E-state index is 6.86. The van der Waals surface area contributed by atoms with E-state index in [1.54, 1.807) is 0 Å². The molecule has 0 bridgehead atoms. The SMILES string of the molecule is CCC(N1CCCCC1)C(N)(CC)c1ccccc1. The summed E-state index contributed by atoms with van der Waals surface area (Å²) in [5.74, 6) is 0. The Bertz CT molecular complexity index is 370. The number of piperidine rings is 1. The zero-order chi connectivity index (χ0) is 13.7. The van der Waals surface area contributed by atoms with E-state index in [9.17, 15) is 0 Å². The Balaban J connectivity index is 2.26. The molecule has 2 unspecified atom stereocenters. The molecule has 1 aliphatic rings. The van der Waals surface area contributed by atoms with Crippen molar-refractivity contribution in [1.82, 2.24) is 4.90 Å². The molecule has 2 heteroatoms. The average molecular weight is 260 g/mol. The fourth-order valence-corrected chi connectivity index (χ4v) is 3.56. The van der Waals surface area contributed by atoms with Crippen LogP contribution in [0.4, 0.5) is 0 Å². The molecule has 0 saturated carbocycles. The molecular weight excluding hydrogens is 232 g/mol. The molecule has 2 atom stereocenters. The Kier molecular flexibility index (Phi) is 5.00. The molecule has 1 aliphatic heterocycles. The number of benzene rings is 1. The van der Waals surface area contributed by atoms with Crippen molar-refractivity contribution in [1.29, 1.82) is 0 Å². The molecule has 106 valence electrons. The van der Waals surface area contributed by atoms with Crippen LogP contribution >= 0.6 is 0 Å². The molecule has 19 heavy (non-hydrogen) atoms. The van der Waals surface area contributed by atoms with Crippen LogP contribution in [0.15, 0.2) is 30.3 Å². The maximum atomic E-state index is 6.86. The number of likely N-dealkylation sites (tertiary alicyclic amines) is 1. The van der Waals surface area contributed by atoms with Crippen LogP contribution in [0.3, 0.4) is 0 Å². The highest BCUT2D eigenvalue weighted by molar-refractivity contribution is 5.26. The third-order valence-electron chi connectivity index (χ3n) is 4.71. The molecule has 0 aliphatic carbocycles.